The molecule has 2 aromatic carbocycles. The third-order valence-corrected chi connectivity index (χ3v) is 6.37. The van der Waals surface area contributed by atoms with Crippen molar-refractivity contribution in [1.82, 2.24) is 20.0 Å². The molecule has 6 nitrogen and oxygen atoms in total. The molecule has 2 aliphatic rings. The van der Waals surface area contributed by atoms with Crippen LogP contribution in [0.5, 0.6) is 0 Å². The molecule has 1 aliphatic carbocycles. The molecule has 1 aromatic heterocycles. The van der Waals surface area contributed by atoms with Gasteiger partial charge >= 0.3 is 0 Å². The number of hydrogen-bond donors (Lipinski definition) is 2. The van der Waals surface area contributed by atoms with Gasteiger partial charge in [-0.1, -0.05) is 0 Å². The molecule has 2 heterocycles. The summed E-state index contributed by atoms with van der Waals surface area (Å²) < 4.78 is 15.1. The zero-order valence-electron chi connectivity index (χ0n) is 16.9. The van der Waals surface area contributed by atoms with Crippen molar-refractivity contribution in [3.05, 3.63) is 59.5 Å². The van der Waals surface area contributed by atoms with Crippen LogP contribution in [0.3, 0.4) is 0 Å². The Hall–Kier alpha value is -2.77. The van der Waals surface area contributed by atoms with Crippen LogP contribution in [0, 0.1) is 18.7 Å². The van der Waals surface area contributed by atoms with Gasteiger partial charge in [-0.25, -0.2) is 9.07 Å². The number of aliphatic hydroxyl groups excluding tert-OH is 1. The second-order valence-corrected chi connectivity index (χ2v) is 8.37. The first kappa shape index (κ1) is 19.2. The molecule has 2 fully saturated rings. The van der Waals surface area contributed by atoms with E-state index in [2.05, 4.69) is 29.5 Å². The Morgan fingerprint density at radius 1 is 1.23 bits per heavy atom. The highest BCUT2D eigenvalue weighted by atomic mass is 19.1. The second kappa shape index (κ2) is 7.49. The summed E-state index contributed by atoms with van der Waals surface area (Å²) >= 11 is 0. The van der Waals surface area contributed by atoms with E-state index >= 15 is 0 Å². The van der Waals surface area contributed by atoms with E-state index < -0.39 is 0 Å². The van der Waals surface area contributed by atoms with Gasteiger partial charge in [-0.2, -0.15) is 5.10 Å². The van der Waals surface area contributed by atoms with E-state index in [1.807, 2.05) is 15.8 Å². The van der Waals surface area contributed by atoms with Gasteiger partial charge in [0.2, 0.25) is 5.91 Å². The first-order valence-corrected chi connectivity index (χ1v) is 10.4. The SMILES string of the molecule is Cc1cc2c(cnn2-c2ccc(F)cc2)cc1[C@@H]1CNCCN1C(=O)[C@H]1C[C@@H](O)C1. The quantitative estimate of drug-likeness (QED) is 0.699. The van der Waals surface area contributed by atoms with Gasteiger partial charge in [-0.15, -0.1) is 0 Å². The topological polar surface area (TPSA) is 70.4 Å². The van der Waals surface area contributed by atoms with Crippen molar-refractivity contribution in [1.29, 1.82) is 0 Å². The molecule has 0 spiro atoms. The lowest BCUT2D eigenvalue weighted by molar-refractivity contribution is -0.145. The number of aromatic nitrogens is 2. The van der Waals surface area contributed by atoms with Gasteiger partial charge in [0.25, 0.3) is 0 Å². The van der Waals surface area contributed by atoms with Gasteiger partial charge in [-0.3, -0.25) is 4.79 Å². The summed E-state index contributed by atoms with van der Waals surface area (Å²) in [6.45, 7) is 4.21. The molecule has 1 atom stereocenters. The Labute approximate surface area is 174 Å². The van der Waals surface area contributed by atoms with E-state index in [1.165, 1.54) is 12.1 Å². The first-order chi connectivity index (χ1) is 14.5. The summed E-state index contributed by atoms with van der Waals surface area (Å²) in [6.07, 6.45) is 2.61. The van der Waals surface area contributed by atoms with Crippen LogP contribution < -0.4 is 5.32 Å². The molecular weight excluding hydrogens is 383 g/mol. The summed E-state index contributed by atoms with van der Waals surface area (Å²) in [5.41, 5.74) is 3.96. The predicted octanol–water partition coefficient (Wildman–Crippen LogP) is 2.72. The number of piperazine rings is 1. The molecule has 1 saturated heterocycles. The van der Waals surface area contributed by atoms with Crippen LogP contribution in [0.1, 0.15) is 30.0 Å². The van der Waals surface area contributed by atoms with E-state index in [4.69, 9.17) is 0 Å². The number of amides is 1. The normalized spacial score (nSPS) is 24.1. The van der Waals surface area contributed by atoms with Crippen molar-refractivity contribution in [3.63, 3.8) is 0 Å². The molecule has 1 amide bonds. The second-order valence-electron chi connectivity index (χ2n) is 8.37. The molecule has 0 unspecified atom stereocenters. The summed E-state index contributed by atoms with van der Waals surface area (Å²) in [5, 5.41) is 18.5. The van der Waals surface area contributed by atoms with Gasteiger partial charge in [0.1, 0.15) is 5.82 Å². The fourth-order valence-electron chi connectivity index (χ4n) is 4.61. The van der Waals surface area contributed by atoms with Gasteiger partial charge in [-0.05, 0) is 67.3 Å². The summed E-state index contributed by atoms with van der Waals surface area (Å²) in [6, 6.07) is 10.4. The summed E-state index contributed by atoms with van der Waals surface area (Å²) in [4.78, 5) is 15.0. The van der Waals surface area contributed by atoms with Gasteiger partial charge in [0, 0.05) is 30.9 Å². The molecule has 1 aliphatic heterocycles. The van der Waals surface area contributed by atoms with Crippen molar-refractivity contribution < 1.29 is 14.3 Å². The van der Waals surface area contributed by atoms with E-state index in [9.17, 15) is 14.3 Å². The minimum atomic E-state index is -0.337. The molecule has 7 heteroatoms. The lowest BCUT2D eigenvalue weighted by Gasteiger charge is -2.42. The maximum Gasteiger partial charge on any atom is 0.226 e. The average Bonchev–Trinajstić information content (AvgIpc) is 3.13. The van der Waals surface area contributed by atoms with Crippen molar-refractivity contribution >= 4 is 16.8 Å². The van der Waals surface area contributed by atoms with Crippen LogP contribution in [0.4, 0.5) is 4.39 Å². The monoisotopic (exact) mass is 408 g/mol. The lowest BCUT2D eigenvalue weighted by Crippen LogP contribution is -2.53. The lowest BCUT2D eigenvalue weighted by atomic mass is 9.80. The molecule has 0 radical (unpaired) electrons. The number of halogens is 1. The Kier molecular flexibility index (Phi) is 4.79. The van der Waals surface area contributed by atoms with Crippen LogP contribution in [0.2, 0.25) is 0 Å². The molecule has 5 rings (SSSR count). The van der Waals surface area contributed by atoms with Crippen LogP contribution in [0.15, 0.2) is 42.6 Å². The van der Waals surface area contributed by atoms with Crippen LogP contribution in [-0.4, -0.2) is 51.4 Å². The van der Waals surface area contributed by atoms with Gasteiger partial charge in [0.15, 0.2) is 0 Å². The largest absolute Gasteiger partial charge is 0.393 e. The molecule has 156 valence electrons. The number of aliphatic hydroxyl groups is 1. The van der Waals surface area contributed by atoms with E-state index in [0.717, 1.165) is 34.3 Å². The van der Waals surface area contributed by atoms with Crippen LogP contribution in [-0.2, 0) is 4.79 Å². The number of carbonyl (C=O) groups is 1. The van der Waals surface area contributed by atoms with Crippen molar-refractivity contribution in [2.45, 2.75) is 31.9 Å². The fourth-order valence-corrected chi connectivity index (χ4v) is 4.61. The van der Waals surface area contributed by atoms with E-state index in [0.29, 0.717) is 25.9 Å². The van der Waals surface area contributed by atoms with E-state index in [-0.39, 0.29) is 29.8 Å². The smallest absolute Gasteiger partial charge is 0.226 e. The van der Waals surface area contributed by atoms with Crippen molar-refractivity contribution in [2.75, 3.05) is 19.6 Å². The van der Waals surface area contributed by atoms with Gasteiger partial charge < -0.3 is 15.3 Å². The van der Waals surface area contributed by atoms with Crippen LogP contribution in [0.25, 0.3) is 16.6 Å². The average molecular weight is 408 g/mol. The van der Waals surface area contributed by atoms with Crippen molar-refractivity contribution in [2.24, 2.45) is 5.92 Å². The van der Waals surface area contributed by atoms with Crippen LogP contribution >= 0.6 is 0 Å². The molecule has 0 bridgehead atoms. The number of rotatable bonds is 3. The maximum atomic E-state index is 13.3. The maximum absolute atomic E-state index is 13.3. The highest BCUT2D eigenvalue weighted by Gasteiger charge is 2.39. The number of aryl methyl sites for hydroxylation is 1. The third-order valence-electron chi connectivity index (χ3n) is 6.37. The Morgan fingerprint density at radius 3 is 2.73 bits per heavy atom. The molecule has 1 saturated carbocycles. The Balaban J connectivity index is 1.49. The predicted molar refractivity (Wildman–Crippen MR) is 112 cm³/mol. The number of hydrogen-bond acceptors (Lipinski definition) is 4. The molecule has 3 aromatic rings. The standard InChI is InChI=1S/C23H25FN4O2/c1-14-8-21-16(12-26-28(21)18-4-2-17(24)3-5-18)11-20(14)22-13-25-6-7-27(22)23(30)15-9-19(29)10-15/h2-5,8,11-12,15,19,22,25,29H,6-7,9-10,13H2,1H3/t15-,19+,22-/m0/s1. The number of fused-ring (bicyclic) bond motifs is 1. The third kappa shape index (κ3) is 3.28. The van der Waals surface area contributed by atoms with E-state index in [1.54, 1.807) is 12.1 Å². The number of carbonyl (C=O) groups excluding carboxylic acids is 1. The highest BCUT2D eigenvalue weighted by Crippen LogP contribution is 2.35. The Bertz CT molecular complexity index is 1090. The Morgan fingerprint density at radius 2 is 2.00 bits per heavy atom. The minimum Gasteiger partial charge on any atom is -0.393 e. The van der Waals surface area contributed by atoms with Crippen molar-refractivity contribution in [3.8, 4) is 5.69 Å². The molecule has 30 heavy (non-hydrogen) atoms. The first-order valence-electron chi connectivity index (χ1n) is 10.4. The molecular formula is C23H25FN4O2. The molecule has 2 N–H and O–H groups in total. The summed E-state index contributed by atoms with van der Waals surface area (Å²) in [5.74, 6) is -0.193. The minimum absolute atomic E-state index is 0.0393. The number of nitrogens with zero attached hydrogens (tertiary/aromatic N) is 3. The number of benzene rings is 2. The fraction of sp³-hybridized carbons (Fsp3) is 0.391. The van der Waals surface area contributed by atoms with Gasteiger partial charge in [0.05, 0.1) is 29.5 Å². The zero-order valence-corrected chi connectivity index (χ0v) is 16.9. The highest BCUT2D eigenvalue weighted by molar-refractivity contribution is 5.83. The summed E-state index contributed by atoms with van der Waals surface area (Å²) in [7, 11) is 0. The number of nitrogens with one attached hydrogen (secondary N) is 1. The zero-order chi connectivity index (χ0) is 20.8.